The summed E-state index contributed by atoms with van der Waals surface area (Å²) in [4.78, 5) is 11.6. The van der Waals surface area contributed by atoms with E-state index in [9.17, 15) is 17.6 Å². The Hall–Kier alpha value is -1.23. The molecule has 0 radical (unpaired) electrons. The van der Waals surface area contributed by atoms with Crippen LogP contribution in [0.15, 0.2) is 24.3 Å². The summed E-state index contributed by atoms with van der Waals surface area (Å²) >= 11 is 0. The molecule has 15 heavy (non-hydrogen) atoms. The summed E-state index contributed by atoms with van der Waals surface area (Å²) in [5.41, 5.74) is -0.185. The lowest BCUT2D eigenvalue weighted by atomic mass is 10.1. The molecule has 0 aromatic heterocycles. The molecule has 0 aliphatic rings. The van der Waals surface area contributed by atoms with Gasteiger partial charge in [-0.25, -0.2) is 12.8 Å². The van der Waals surface area contributed by atoms with Gasteiger partial charge in [-0.05, 0) is 19.1 Å². The molecule has 1 unspecified atom stereocenters. The Kier molecular flexibility index (Phi) is 3.24. The van der Waals surface area contributed by atoms with Crippen LogP contribution in [0, 0.1) is 5.82 Å². The third-order valence-corrected chi connectivity index (χ3v) is 3.65. The van der Waals surface area contributed by atoms with Gasteiger partial charge in [-0.2, -0.15) is 0 Å². The van der Waals surface area contributed by atoms with Gasteiger partial charge in [0, 0.05) is 6.26 Å². The molecule has 0 spiro atoms. The molecular weight excluding hydrogens is 219 g/mol. The van der Waals surface area contributed by atoms with Crippen LogP contribution in [0.5, 0.6) is 0 Å². The smallest absolute Gasteiger partial charge is 0.183 e. The zero-order valence-corrected chi connectivity index (χ0v) is 9.21. The van der Waals surface area contributed by atoms with Crippen LogP contribution in [-0.4, -0.2) is 25.7 Å². The standard InChI is InChI=1S/C10H11FO3S/c1-7(15(2,13)14)10(12)8-5-3-4-6-9(8)11/h3-7H,1-2H3. The molecule has 1 atom stereocenters. The summed E-state index contributed by atoms with van der Waals surface area (Å²) in [7, 11) is -3.48. The summed E-state index contributed by atoms with van der Waals surface area (Å²) in [6.45, 7) is 1.25. The Morgan fingerprint density at radius 3 is 2.33 bits per heavy atom. The van der Waals surface area contributed by atoms with Gasteiger partial charge >= 0.3 is 0 Å². The van der Waals surface area contributed by atoms with Gasteiger partial charge in [0.15, 0.2) is 15.6 Å². The first kappa shape index (κ1) is 11.8. The topological polar surface area (TPSA) is 51.2 Å². The molecule has 0 aliphatic carbocycles. The second-order valence-corrected chi connectivity index (χ2v) is 5.68. The predicted molar refractivity (Wildman–Crippen MR) is 55.0 cm³/mol. The van der Waals surface area contributed by atoms with Gasteiger partial charge in [0.05, 0.1) is 5.56 Å². The highest BCUT2D eigenvalue weighted by Gasteiger charge is 2.26. The Morgan fingerprint density at radius 1 is 1.33 bits per heavy atom. The molecule has 0 aliphatic heterocycles. The van der Waals surface area contributed by atoms with E-state index in [-0.39, 0.29) is 5.56 Å². The Labute approximate surface area is 87.8 Å². The van der Waals surface area contributed by atoms with Crippen LogP contribution in [0.3, 0.4) is 0 Å². The Bertz CT molecular complexity index is 479. The number of hydrogen-bond acceptors (Lipinski definition) is 3. The summed E-state index contributed by atoms with van der Waals surface area (Å²) in [6.07, 6.45) is 0.955. The van der Waals surface area contributed by atoms with Crippen LogP contribution in [0.4, 0.5) is 4.39 Å². The molecule has 0 heterocycles. The minimum atomic E-state index is -3.48. The van der Waals surface area contributed by atoms with Crippen molar-refractivity contribution in [1.82, 2.24) is 0 Å². The number of ketones is 1. The van der Waals surface area contributed by atoms with Crippen LogP contribution in [0.2, 0.25) is 0 Å². The average molecular weight is 230 g/mol. The van der Waals surface area contributed by atoms with E-state index in [1.165, 1.54) is 25.1 Å². The fourth-order valence-electron chi connectivity index (χ4n) is 1.07. The Balaban J connectivity index is 3.12. The largest absolute Gasteiger partial charge is 0.293 e. The van der Waals surface area contributed by atoms with Crippen molar-refractivity contribution in [3.63, 3.8) is 0 Å². The molecule has 0 fully saturated rings. The number of rotatable bonds is 3. The molecule has 0 bridgehead atoms. The van der Waals surface area contributed by atoms with Gasteiger partial charge < -0.3 is 0 Å². The zero-order valence-electron chi connectivity index (χ0n) is 8.40. The van der Waals surface area contributed by atoms with E-state index >= 15 is 0 Å². The highest BCUT2D eigenvalue weighted by molar-refractivity contribution is 7.92. The lowest BCUT2D eigenvalue weighted by Crippen LogP contribution is -2.27. The summed E-state index contributed by atoms with van der Waals surface area (Å²) in [5, 5.41) is -1.21. The number of sulfone groups is 1. The molecule has 1 aromatic carbocycles. The fourth-order valence-corrected chi connectivity index (χ4v) is 1.59. The maximum Gasteiger partial charge on any atom is 0.183 e. The minimum absolute atomic E-state index is 0.185. The molecule has 3 nitrogen and oxygen atoms in total. The molecule has 0 N–H and O–H groups in total. The first-order chi connectivity index (χ1) is 6.84. The highest BCUT2D eigenvalue weighted by Crippen LogP contribution is 2.12. The van der Waals surface area contributed by atoms with E-state index in [1.54, 1.807) is 0 Å². The lowest BCUT2D eigenvalue weighted by Gasteiger charge is -2.08. The van der Waals surface area contributed by atoms with E-state index in [0.29, 0.717) is 0 Å². The quantitative estimate of drug-likeness (QED) is 0.738. The third kappa shape index (κ3) is 2.62. The van der Waals surface area contributed by atoms with Crippen LogP contribution >= 0.6 is 0 Å². The second-order valence-electron chi connectivity index (χ2n) is 3.32. The third-order valence-electron chi connectivity index (χ3n) is 2.15. The van der Waals surface area contributed by atoms with Crippen LogP contribution in [0.25, 0.3) is 0 Å². The molecule has 0 saturated carbocycles. The van der Waals surface area contributed by atoms with E-state index < -0.39 is 26.7 Å². The summed E-state index contributed by atoms with van der Waals surface area (Å²) in [5.74, 6) is -1.41. The molecular formula is C10H11FO3S. The molecule has 1 aromatic rings. The summed E-state index contributed by atoms with van der Waals surface area (Å²) in [6, 6.07) is 5.34. The number of hydrogen-bond donors (Lipinski definition) is 0. The van der Waals surface area contributed by atoms with E-state index in [0.717, 1.165) is 12.3 Å². The minimum Gasteiger partial charge on any atom is -0.293 e. The van der Waals surface area contributed by atoms with Gasteiger partial charge in [0.1, 0.15) is 11.1 Å². The van der Waals surface area contributed by atoms with Crippen LogP contribution in [-0.2, 0) is 9.84 Å². The molecule has 1 rings (SSSR count). The Morgan fingerprint density at radius 2 is 1.87 bits per heavy atom. The number of carbonyl (C=O) groups excluding carboxylic acids is 1. The van der Waals surface area contributed by atoms with Crippen molar-refractivity contribution < 1.29 is 17.6 Å². The van der Waals surface area contributed by atoms with Gasteiger partial charge in [-0.15, -0.1) is 0 Å². The normalized spacial score (nSPS) is 13.5. The van der Waals surface area contributed by atoms with Crippen molar-refractivity contribution in [2.75, 3.05) is 6.26 Å². The summed E-state index contributed by atoms with van der Waals surface area (Å²) < 4.78 is 35.4. The first-order valence-electron chi connectivity index (χ1n) is 4.31. The van der Waals surface area contributed by atoms with Gasteiger partial charge in [0.25, 0.3) is 0 Å². The van der Waals surface area contributed by atoms with Gasteiger partial charge in [-0.3, -0.25) is 4.79 Å². The average Bonchev–Trinajstić information content (AvgIpc) is 2.15. The number of benzene rings is 1. The van der Waals surface area contributed by atoms with Crippen molar-refractivity contribution in [2.45, 2.75) is 12.2 Å². The van der Waals surface area contributed by atoms with E-state index in [2.05, 4.69) is 0 Å². The SMILES string of the molecule is CC(C(=O)c1ccccc1F)S(C)(=O)=O. The fraction of sp³-hybridized carbons (Fsp3) is 0.300. The van der Waals surface area contributed by atoms with E-state index in [1.807, 2.05) is 0 Å². The van der Waals surface area contributed by atoms with Crippen molar-refractivity contribution >= 4 is 15.6 Å². The highest BCUT2D eigenvalue weighted by atomic mass is 32.2. The molecule has 5 heteroatoms. The molecule has 0 amide bonds. The second kappa shape index (κ2) is 4.10. The van der Waals surface area contributed by atoms with Gasteiger partial charge in [-0.1, -0.05) is 12.1 Å². The van der Waals surface area contributed by atoms with Crippen molar-refractivity contribution in [3.05, 3.63) is 35.6 Å². The van der Waals surface area contributed by atoms with Crippen molar-refractivity contribution in [3.8, 4) is 0 Å². The molecule has 0 saturated heterocycles. The molecule has 82 valence electrons. The van der Waals surface area contributed by atoms with Crippen LogP contribution in [0.1, 0.15) is 17.3 Å². The number of carbonyl (C=O) groups is 1. The van der Waals surface area contributed by atoms with Crippen LogP contribution < -0.4 is 0 Å². The number of Topliss-reactive ketones (excluding diaryl/α,β-unsaturated/α-hetero) is 1. The van der Waals surface area contributed by atoms with Crippen molar-refractivity contribution in [1.29, 1.82) is 0 Å². The monoisotopic (exact) mass is 230 g/mol. The maximum atomic E-state index is 13.2. The predicted octanol–water partition coefficient (Wildman–Crippen LogP) is 1.44. The lowest BCUT2D eigenvalue weighted by molar-refractivity contribution is 0.0988. The maximum absolute atomic E-state index is 13.2. The number of halogens is 1. The van der Waals surface area contributed by atoms with Gasteiger partial charge in [0.2, 0.25) is 0 Å². The zero-order chi connectivity index (χ0) is 11.6. The van der Waals surface area contributed by atoms with E-state index in [4.69, 9.17) is 0 Å². The first-order valence-corrected chi connectivity index (χ1v) is 6.27. The van der Waals surface area contributed by atoms with Crippen molar-refractivity contribution in [2.24, 2.45) is 0 Å².